The molecule has 2 aromatic heterocycles. The predicted molar refractivity (Wildman–Crippen MR) is 117 cm³/mol. The highest BCUT2D eigenvalue weighted by Crippen LogP contribution is 2.38. The number of aromatic nitrogens is 2. The van der Waals surface area contributed by atoms with Gasteiger partial charge in [0, 0.05) is 18.8 Å². The normalized spacial score (nSPS) is 15.7. The summed E-state index contributed by atoms with van der Waals surface area (Å²) < 4.78 is 10.8. The molecule has 0 N–H and O–H groups in total. The van der Waals surface area contributed by atoms with Gasteiger partial charge in [-0.3, -0.25) is 4.79 Å². The van der Waals surface area contributed by atoms with Crippen molar-refractivity contribution in [1.82, 2.24) is 15.0 Å². The van der Waals surface area contributed by atoms with Crippen LogP contribution in [-0.2, 0) is 4.79 Å². The molecule has 3 aromatic rings. The van der Waals surface area contributed by atoms with Crippen LogP contribution in [0.3, 0.4) is 0 Å². The van der Waals surface area contributed by atoms with Gasteiger partial charge in [-0.15, -0.1) is 11.3 Å². The molecule has 1 aromatic carbocycles. The van der Waals surface area contributed by atoms with Gasteiger partial charge in [0.15, 0.2) is 16.7 Å². The minimum absolute atomic E-state index is 0.0983. The Hall–Kier alpha value is -2.91. The number of rotatable bonds is 7. The van der Waals surface area contributed by atoms with Gasteiger partial charge in [0.2, 0.25) is 0 Å². The number of hydrogen-bond donors (Lipinski definition) is 0. The molecule has 0 radical (unpaired) electrons. The number of ether oxygens (including phenoxy) is 2. The number of amides is 1. The lowest BCUT2D eigenvalue weighted by atomic mass is 10.0. The van der Waals surface area contributed by atoms with Gasteiger partial charge in [0.1, 0.15) is 0 Å². The highest BCUT2D eigenvalue weighted by atomic mass is 32.2. The molecule has 1 aliphatic rings. The molecule has 0 spiro atoms. The number of hydrazone groups is 1. The van der Waals surface area contributed by atoms with Gasteiger partial charge in [0.05, 0.1) is 36.6 Å². The fraction of sp³-hybridized carbons (Fsp3) is 0.238. The number of benzene rings is 1. The monoisotopic (exact) mass is 440 g/mol. The van der Waals surface area contributed by atoms with E-state index in [1.54, 1.807) is 49.0 Å². The van der Waals surface area contributed by atoms with Crippen LogP contribution in [0, 0.1) is 0 Å². The quantitative estimate of drug-likeness (QED) is 0.408. The molecule has 0 unspecified atom stereocenters. The summed E-state index contributed by atoms with van der Waals surface area (Å²) in [5, 5.41) is 8.83. The zero-order chi connectivity index (χ0) is 20.9. The van der Waals surface area contributed by atoms with Gasteiger partial charge in [-0.05, 0) is 35.2 Å². The first-order chi connectivity index (χ1) is 14.7. The maximum atomic E-state index is 13.1. The maximum absolute atomic E-state index is 13.1. The molecule has 30 heavy (non-hydrogen) atoms. The maximum Gasteiger partial charge on any atom is 0.253 e. The van der Waals surface area contributed by atoms with Crippen molar-refractivity contribution in [2.45, 2.75) is 17.6 Å². The van der Waals surface area contributed by atoms with Gasteiger partial charge < -0.3 is 9.47 Å². The van der Waals surface area contributed by atoms with Crippen molar-refractivity contribution in [3.63, 3.8) is 0 Å². The second-order valence-corrected chi connectivity index (χ2v) is 8.31. The average Bonchev–Trinajstić information content (AvgIpc) is 3.48. The third-order valence-corrected chi connectivity index (χ3v) is 6.41. The Morgan fingerprint density at radius 3 is 2.67 bits per heavy atom. The van der Waals surface area contributed by atoms with Crippen molar-refractivity contribution >= 4 is 34.7 Å². The summed E-state index contributed by atoms with van der Waals surface area (Å²) in [5.74, 6) is 1.38. The van der Waals surface area contributed by atoms with Crippen LogP contribution in [0.1, 0.15) is 22.9 Å². The number of carbonyl (C=O) groups excluding carboxylic acids is 1. The van der Waals surface area contributed by atoms with E-state index in [9.17, 15) is 4.79 Å². The molecule has 0 saturated heterocycles. The number of carbonyl (C=O) groups is 1. The number of thioether (sulfide) groups is 1. The molecule has 0 aliphatic carbocycles. The second kappa shape index (κ2) is 9.27. The van der Waals surface area contributed by atoms with E-state index >= 15 is 0 Å². The predicted octanol–water partition coefficient (Wildman–Crippen LogP) is 4.03. The first-order valence-electron chi connectivity index (χ1n) is 9.24. The van der Waals surface area contributed by atoms with E-state index in [4.69, 9.17) is 9.47 Å². The Balaban J connectivity index is 1.60. The SMILES string of the molecule is COc1ccc([C@@H]2CC(c3cccs3)=NN2C(=O)CSc2ncccn2)cc1OC. The fourth-order valence-corrected chi connectivity index (χ4v) is 4.58. The highest BCUT2D eigenvalue weighted by Gasteiger charge is 2.34. The minimum atomic E-state index is -0.216. The summed E-state index contributed by atoms with van der Waals surface area (Å²) >= 11 is 2.92. The van der Waals surface area contributed by atoms with Crippen molar-refractivity contribution in [1.29, 1.82) is 0 Å². The lowest BCUT2D eigenvalue weighted by Gasteiger charge is -2.22. The zero-order valence-corrected chi connectivity index (χ0v) is 18.2. The van der Waals surface area contributed by atoms with Crippen molar-refractivity contribution in [2.24, 2.45) is 5.10 Å². The van der Waals surface area contributed by atoms with Crippen molar-refractivity contribution in [2.75, 3.05) is 20.0 Å². The summed E-state index contributed by atoms with van der Waals surface area (Å²) in [5.41, 5.74) is 1.84. The average molecular weight is 441 g/mol. The first kappa shape index (κ1) is 20.4. The van der Waals surface area contributed by atoms with Crippen LogP contribution in [0.15, 0.2) is 64.4 Å². The molecule has 4 rings (SSSR count). The summed E-state index contributed by atoms with van der Waals surface area (Å²) in [6, 6.07) is 11.3. The number of thiophene rings is 1. The van der Waals surface area contributed by atoms with E-state index in [0.717, 1.165) is 16.2 Å². The minimum Gasteiger partial charge on any atom is -0.493 e. The van der Waals surface area contributed by atoms with Crippen LogP contribution >= 0.6 is 23.1 Å². The van der Waals surface area contributed by atoms with E-state index in [1.165, 1.54) is 11.8 Å². The Morgan fingerprint density at radius 1 is 1.17 bits per heavy atom. The lowest BCUT2D eigenvalue weighted by Crippen LogP contribution is -2.28. The molecule has 9 heteroatoms. The van der Waals surface area contributed by atoms with E-state index < -0.39 is 0 Å². The molecular formula is C21H20N4O3S2. The van der Waals surface area contributed by atoms with Crippen molar-refractivity contribution < 1.29 is 14.3 Å². The number of methoxy groups -OCH3 is 2. The number of nitrogens with zero attached hydrogens (tertiary/aromatic N) is 4. The van der Waals surface area contributed by atoms with Gasteiger partial charge >= 0.3 is 0 Å². The van der Waals surface area contributed by atoms with Crippen LogP contribution in [0.25, 0.3) is 0 Å². The fourth-order valence-electron chi connectivity index (χ4n) is 3.20. The van der Waals surface area contributed by atoms with E-state index in [-0.39, 0.29) is 17.7 Å². The third kappa shape index (κ3) is 4.31. The Kier molecular flexibility index (Phi) is 6.29. The Morgan fingerprint density at radius 2 is 1.97 bits per heavy atom. The van der Waals surface area contributed by atoms with E-state index in [1.807, 2.05) is 35.7 Å². The van der Waals surface area contributed by atoms with Gasteiger partial charge in [-0.25, -0.2) is 15.0 Å². The van der Waals surface area contributed by atoms with Crippen LogP contribution < -0.4 is 9.47 Å². The highest BCUT2D eigenvalue weighted by molar-refractivity contribution is 7.99. The summed E-state index contributed by atoms with van der Waals surface area (Å²) in [6.45, 7) is 0. The van der Waals surface area contributed by atoms with E-state index in [2.05, 4.69) is 15.1 Å². The van der Waals surface area contributed by atoms with Crippen molar-refractivity contribution in [3.05, 3.63) is 64.6 Å². The van der Waals surface area contributed by atoms with Gasteiger partial charge in [-0.1, -0.05) is 23.9 Å². The Labute approximate surface area is 182 Å². The summed E-state index contributed by atoms with van der Waals surface area (Å²) in [4.78, 5) is 22.5. The standard InChI is InChI=1S/C21H20N4O3S2/c1-27-17-7-6-14(11-18(17)28-2)16-12-15(19-5-3-10-29-19)24-25(16)20(26)13-30-21-22-8-4-9-23-21/h3-11,16H,12-13H2,1-2H3/t16-/m0/s1. The smallest absolute Gasteiger partial charge is 0.253 e. The summed E-state index contributed by atoms with van der Waals surface area (Å²) in [7, 11) is 3.20. The van der Waals surface area contributed by atoms with Crippen LogP contribution in [0.4, 0.5) is 0 Å². The molecule has 1 amide bonds. The van der Waals surface area contributed by atoms with Crippen LogP contribution in [0.2, 0.25) is 0 Å². The summed E-state index contributed by atoms with van der Waals surface area (Å²) in [6.07, 6.45) is 3.96. The number of hydrogen-bond acceptors (Lipinski definition) is 8. The molecular weight excluding hydrogens is 420 g/mol. The lowest BCUT2D eigenvalue weighted by molar-refractivity contribution is -0.130. The molecule has 0 fully saturated rings. The Bertz CT molecular complexity index is 1040. The first-order valence-corrected chi connectivity index (χ1v) is 11.1. The van der Waals surface area contributed by atoms with Gasteiger partial charge in [-0.2, -0.15) is 5.10 Å². The molecule has 1 atom stereocenters. The largest absolute Gasteiger partial charge is 0.493 e. The second-order valence-electron chi connectivity index (χ2n) is 6.42. The van der Waals surface area contributed by atoms with Crippen molar-refractivity contribution in [3.8, 4) is 11.5 Å². The van der Waals surface area contributed by atoms with Crippen LogP contribution in [-0.4, -0.2) is 46.6 Å². The molecule has 154 valence electrons. The third-order valence-electron chi connectivity index (χ3n) is 4.63. The molecule has 0 bridgehead atoms. The van der Waals surface area contributed by atoms with Crippen LogP contribution in [0.5, 0.6) is 11.5 Å². The molecule has 1 aliphatic heterocycles. The van der Waals surface area contributed by atoms with E-state index in [0.29, 0.717) is 23.1 Å². The molecule has 7 nitrogen and oxygen atoms in total. The topological polar surface area (TPSA) is 76.9 Å². The zero-order valence-electron chi connectivity index (χ0n) is 16.5. The molecule has 3 heterocycles. The van der Waals surface area contributed by atoms with Gasteiger partial charge in [0.25, 0.3) is 5.91 Å². The molecule has 0 saturated carbocycles.